The quantitative estimate of drug-likeness (QED) is 0.273. The Labute approximate surface area is 196 Å². The molecule has 0 spiro atoms. The molecule has 8 heteroatoms. The second kappa shape index (κ2) is 10.2. The van der Waals surface area contributed by atoms with E-state index in [2.05, 4.69) is 34.0 Å². The van der Waals surface area contributed by atoms with Crippen LogP contribution in [-0.4, -0.2) is 33.5 Å². The number of rotatable bonds is 9. The zero-order valence-electron chi connectivity index (χ0n) is 18.6. The van der Waals surface area contributed by atoms with Crippen LogP contribution in [0.3, 0.4) is 0 Å². The normalized spacial score (nSPS) is 11.2. The molecular weight excluding hydrogens is 440 g/mol. The van der Waals surface area contributed by atoms with Crippen molar-refractivity contribution in [3.8, 4) is 28.6 Å². The Hall–Kier alpha value is -2.84. The third kappa shape index (κ3) is 4.81. The molecule has 0 radical (unpaired) electrons. The summed E-state index contributed by atoms with van der Waals surface area (Å²) >= 11 is 3.33. The van der Waals surface area contributed by atoms with Gasteiger partial charge in [-0.3, -0.25) is 4.57 Å². The average Bonchev–Trinajstić information content (AvgIpc) is 3.46. The van der Waals surface area contributed by atoms with Crippen molar-refractivity contribution in [1.29, 1.82) is 0 Å². The van der Waals surface area contributed by atoms with Crippen LogP contribution in [0.4, 0.5) is 0 Å². The lowest BCUT2D eigenvalue weighted by Gasteiger charge is -2.13. The highest BCUT2D eigenvalue weighted by Crippen LogP contribution is 2.34. The number of thiazole rings is 1. The minimum atomic E-state index is 0.434. The molecule has 2 aromatic heterocycles. The van der Waals surface area contributed by atoms with E-state index in [0.29, 0.717) is 12.5 Å². The van der Waals surface area contributed by atoms with Crippen LogP contribution >= 0.6 is 23.1 Å². The molecule has 0 fully saturated rings. The van der Waals surface area contributed by atoms with Gasteiger partial charge in [0.2, 0.25) is 0 Å². The number of benzene rings is 2. The maximum atomic E-state index is 5.61. The molecule has 4 aromatic rings. The molecule has 32 heavy (non-hydrogen) atoms. The number of hydrogen-bond acceptors (Lipinski definition) is 7. The van der Waals surface area contributed by atoms with E-state index >= 15 is 0 Å². The van der Waals surface area contributed by atoms with E-state index in [4.69, 9.17) is 14.5 Å². The van der Waals surface area contributed by atoms with Crippen LogP contribution < -0.4 is 9.47 Å². The minimum Gasteiger partial charge on any atom is -0.496 e. The summed E-state index contributed by atoms with van der Waals surface area (Å²) < 4.78 is 13.3. The van der Waals surface area contributed by atoms with Crippen molar-refractivity contribution in [2.45, 2.75) is 37.6 Å². The minimum absolute atomic E-state index is 0.434. The molecule has 0 N–H and O–H groups in total. The lowest BCUT2D eigenvalue weighted by atomic mass is 10.2. The van der Waals surface area contributed by atoms with E-state index in [1.54, 1.807) is 30.2 Å². The number of hydrogen-bond donors (Lipinski definition) is 0. The summed E-state index contributed by atoms with van der Waals surface area (Å²) in [7, 11) is 1.67. The van der Waals surface area contributed by atoms with E-state index in [1.165, 1.54) is 0 Å². The van der Waals surface area contributed by atoms with Crippen molar-refractivity contribution in [3.05, 3.63) is 64.6 Å². The van der Waals surface area contributed by atoms with Gasteiger partial charge in [-0.1, -0.05) is 37.7 Å². The molecule has 0 aliphatic heterocycles. The van der Waals surface area contributed by atoms with Gasteiger partial charge in [0.05, 0.1) is 35.7 Å². The summed E-state index contributed by atoms with van der Waals surface area (Å²) in [4.78, 5) is 4.76. The number of thioether (sulfide) groups is 1. The van der Waals surface area contributed by atoms with Crippen LogP contribution in [-0.2, 0) is 5.75 Å². The van der Waals surface area contributed by atoms with Gasteiger partial charge >= 0.3 is 0 Å². The summed E-state index contributed by atoms with van der Waals surface area (Å²) in [5.41, 5.74) is 2.91. The first-order valence-electron chi connectivity index (χ1n) is 10.5. The SMILES string of the molecule is CCOc1ccc(-n2c(SCc3csc(C(C)C)n3)nnc2-c2ccccc2OC)cc1. The monoisotopic (exact) mass is 466 g/mol. The lowest BCUT2D eigenvalue weighted by molar-refractivity contribution is 0.340. The summed E-state index contributed by atoms with van der Waals surface area (Å²) in [5, 5.41) is 13.1. The second-order valence-electron chi connectivity index (χ2n) is 7.39. The molecule has 0 bridgehead atoms. The molecule has 166 valence electrons. The van der Waals surface area contributed by atoms with Crippen LogP contribution in [0.1, 0.15) is 37.4 Å². The molecule has 0 aliphatic rings. The number of ether oxygens (including phenoxy) is 2. The molecule has 6 nitrogen and oxygen atoms in total. The summed E-state index contributed by atoms with van der Waals surface area (Å²) in [6.07, 6.45) is 0. The Morgan fingerprint density at radius 2 is 1.84 bits per heavy atom. The molecule has 0 saturated carbocycles. The predicted molar refractivity (Wildman–Crippen MR) is 130 cm³/mol. The molecule has 4 rings (SSSR count). The van der Waals surface area contributed by atoms with Crippen LogP contribution in [0, 0.1) is 0 Å². The highest BCUT2D eigenvalue weighted by atomic mass is 32.2. The van der Waals surface area contributed by atoms with E-state index in [1.807, 2.05) is 55.5 Å². The van der Waals surface area contributed by atoms with Crippen molar-refractivity contribution in [2.75, 3.05) is 13.7 Å². The number of nitrogens with zero attached hydrogens (tertiary/aromatic N) is 4. The van der Waals surface area contributed by atoms with Crippen LogP contribution in [0.15, 0.2) is 59.1 Å². The van der Waals surface area contributed by atoms with Gasteiger partial charge in [0.15, 0.2) is 11.0 Å². The fourth-order valence-electron chi connectivity index (χ4n) is 3.25. The fraction of sp³-hybridized carbons (Fsp3) is 0.292. The van der Waals surface area contributed by atoms with Gasteiger partial charge in [-0.25, -0.2) is 4.98 Å². The van der Waals surface area contributed by atoms with Crippen molar-refractivity contribution in [1.82, 2.24) is 19.7 Å². The van der Waals surface area contributed by atoms with E-state index in [9.17, 15) is 0 Å². The van der Waals surface area contributed by atoms with Gasteiger partial charge < -0.3 is 9.47 Å². The third-order valence-electron chi connectivity index (χ3n) is 4.80. The van der Waals surface area contributed by atoms with Gasteiger partial charge in [0, 0.05) is 17.1 Å². The molecular formula is C24H26N4O2S2. The van der Waals surface area contributed by atoms with E-state index in [0.717, 1.165) is 50.2 Å². The number of methoxy groups -OCH3 is 1. The van der Waals surface area contributed by atoms with Gasteiger partial charge in [0.25, 0.3) is 0 Å². The summed E-state index contributed by atoms with van der Waals surface area (Å²) in [5.74, 6) is 3.48. The first-order chi connectivity index (χ1) is 15.6. The molecule has 0 aliphatic carbocycles. The maximum Gasteiger partial charge on any atom is 0.196 e. The molecule has 0 unspecified atom stereocenters. The van der Waals surface area contributed by atoms with Crippen molar-refractivity contribution >= 4 is 23.1 Å². The predicted octanol–water partition coefficient (Wildman–Crippen LogP) is 6.21. The summed E-state index contributed by atoms with van der Waals surface area (Å²) in [6, 6.07) is 15.8. The average molecular weight is 467 g/mol. The Morgan fingerprint density at radius 1 is 1.06 bits per heavy atom. The standard InChI is InChI=1S/C24H26N4O2S2/c1-5-30-19-12-10-18(11-13-19)28-22(20-8-6-7-9-21(20)29-4)26-27-24(28)32-15-17-14-31-23(25-17)16(2)3/h6-14,16H,5,15H2,1-4H3. The largest absolute Gasteiger partial charge is 0.496 e. The lowest BCUT2D eigenvalue weighted by Crippen LogP contribution is -2.01. The Bertz CT molecular complexity index is 1170. The molecule has 0 amide bonds. The van der Waals surface area contributed by atoms with Crippen molar-refractivity contribution in [2.24, 2.45) is 0 Å². The third-order valence-corrected chi connectivity index (χ3v) is 6.96. The fourth-order valence-corrected chi connectivity index (χ4v) is 5.04. The van der Waals surface area contributed by atoms with Crippen molar-refractivity contribution in [3.63, 3.8) is 0 Å². The highest BCUT2D eigenvalue weighted by molar-refractivity contribution is 7.98. The van der Waals surface area contributed by atoms with Gasteiger partial charge in [-0.15, -0.1) is 21.5 Å². The molecule has 2 heterocycles. The zero-order valence-corrected chi connectivity index (χ0v) is 20.2. The molecule has 2 aromatic carbocycles. The number of para-hydroxylation sites is 1. The molecule has 0 saturated heterocycles. The highest BCUT2D eigenvalue weighted by Gasteiger charge is 2.19. The second-order valence-corrected chi connectivity index (χ2v) is 9.22. The van der Waals surface area contributed by atoms with Crippen LogP contribution in [0.5, 0.6) is 11.5 Å². The van der Waals surface area contributed by atoms with Gasteiger partial charge in [-0.05, 0) is 43.3 Å². The van der Waals surface area contributed by atoms with Gasteiger partial charge in [-0.2, -0.15) is 0 Å². The Balaban J connectivity index is 1.71. The summed E-state index contributed by atoms with van der Waals surface area (Å²) in [6.45, 7) is 6.94. The maximum absolute atomic E-state index is 5.61. The number of aromatic nitrogens is 4. The first-order valence-corrected chi connectivity index (χ1v) is 12.4. The van der Waals surface area contributed by atoms with Gasteiger partial charge in [0.1, 0.15) is 11.5 Å². The first kappa shape index (κ1) is 22.4. The van der Waals surface area contributed by atoms with Crippen LogP contribution in [0.2, 0.25) is 0 Å². The smallest absolute Gasteiger partial charge is 0.196 e. The van der Waals surface area contributed by atoms with Crippen molar-refractivity contribution < 1.29 is 9.47 Å². The van der Waals surface area contributed by atoms with E-state index < -0.39 is 0 Å². The Kier molecular flexibility index (Phi) is 7.12. The molecule has 0 atom stereocenters. The van der Waals surface area contributed by atoms with Crippen LogP contribution in [0.25, 0.3) is 17.1 Å². The Morgan fingerprint density at radius 3 is 2.53 bits per heavy atom. The zero-order chi connectivity index (χ0) is 22.5. The van der Waals surface area contributed by atoms with E-state index in [-0.39, 0.29) is 0 Å². The topological polar surface area (TPSA) is 62.1 Å².